The van der Waals surface area contributed by atoms with E-state index in [-0.39, 0.29) is 16.3 Å². The molecular formula is C13H11BF2N2O2S. The summed E-state index contributed by atoms with van der Waals surface area (Å²) in [6, 6.07) is 4.65. The summed E-state index contributed by atoms with van der Waals surface area (Å²) in [6.07, 6.45) is 0. The summed E-state index contributed by atoms with van der Waals surface area (Å²) in [5, 5.41) is 0. The van der Waals surface area contributed by atoms with Gasteiger partial charge in [-0.2, -0.15) is 0 Å². The standard InChI is InChI=1S/C13H11BF2N2O2S/c1-7-11(5-4-10(15)13(7)16)21(19,20)18-12-6-3-9(14)8(2)17-12/h3-6H,1-2H3,(H,17,18). The molecule has 8 heteroatoms. The van der Waals surface area contributed by atoms with Gasteiger partial charge in [-0.1, -0.05) is 11.5 Å². The van der Waals surface area contributed by atoms with Gasteiger partial charge in [0.15, 0.2) is 11.6 Å². The molecule has 21 heavy (non-hydrogen) atoms. The zero-order chi connectivity index (χ0) is 15.8. The zero-order valence-electron chi connectivity index (χ0n) is 11.3. The van der Waals surface area contributed by atoms with Crippen LogP contribution in [0.15, 0.2) is 29.2 Å². The summed E-state index contributed by atoms with van der Waals surface area (Å²) in [5.41, 5.74) is 0.578. The number of hydrogen-bond donors (Lipinski definition) is 1. The lowest BCUT2D eigenvalue weighted by molar-refractivity contribution is 0.498. The molecule has 1 aromatic heterocycles. The van der Waals surface area contributed by atoms with Gasteiger partial charge in [0.1, 0.15) is 13.7 Å². The molecule has 0 aliphatic heterocycles. The zero-order valence-corrected chi connectivity index (χ0v) is 12.1. The molecule has 0 aliphatic carbocycles. The minimum Gasteiger partial charge on any atom is -0.263 e. The van der Waals surface area contributed by atoms with E-state index in [0.29, 0.717) is 11.2 Å². The minimum absolute atomic E-state index is 0.0471. The summed E-state index contributed by atoms with van der Waals surface area (Å²) in [6.45, 7) is 2.81. The Hall–Kier alpha value is -1.96. The average molecular weight is 308 g/mol. The van der Waals surface area contributed by atoms with Crippen molar-refractivity contribution in [2.75, 3.05) is 4.72 Å². The minimum atomic E-state index is -4.07. The molecule has 0 saturated carbocycles. The largest absolute Gasteiger partial charge is 0.263 e. The van der Waals surface area contributed by atoms with Crippen molar-refractivity contribution in [3.63, 3.8) is 0 Å². The molecule has 2 rings (SSSR count). The number of halogens is 2. The van der Waals surface area contributed by atoms with Gasteiger partial charge in [-0.3, -0.25) is 4.72 Å². The number of sulfonamides is 1. The van der Waals surface area contributed by atoms with E-state index < -0.39 is 21.7 Å². The predicted molar refractivity (Wildman–Crippen MR) is 76.3 cm³/mol. The van der Waals surface area contributed by atoms with Gasteiger partial charge in [0.2, 0.25) is 0 Å². The van der Waals surface area contributed by atoms with Crippen LogP contribution in [0.3, 0.4) is 0 Å². The van der Waals surface area contributed by atoms with Crippen LogP contribution in [0.4, 0.5) is 14.6 Å². The van der Waals surface area contributed by atoms with Gasteiger partial charge in [0, 0.05) is 11.3 Å². The van der Waals surface area contributed by atoms with Gasteiger partial charge >= 0.3 is 0 Å². The number of nitrogens with zero attached hydrogens (tertiary/aromatic N) is 1. The molecule has 2 radical (unpaired) electrons. The van der Waals surface area contributed by atoms with Crippen LogP contribution in [0.5, 0.6) is 0 Å². The first-order chi connectivity index (χ1) is 9.72. The highest BCUT2D eigenvalue weighted by Gasteiger charge is 2.21. The van der Waals surface area contributed by atoms with E-state index in [1.54, 1.807) is 6.92 Å². The number of benzene rings is 1. The smallest absolute Gasteiger partial charge is 0.263 e. The molecule has 1 N–H and O–H groups in total. The van der Waals surface area contributed by atoms with Crippen molar-refractivity contribution in [1.29, 1.82) is 0 Å². The van der Waals surface area contributed by atoms with E-state index in [1.165, 1.54) is 19.1 Å². The Labute approximate surface area is 122 Å². The van der Waals surface area contributed by atoms with Crippen LogP contribution in [-0.2, 0) is 10.0 Å². The number of aryl methyl sites for hydroxylation is 1. The number of aromatic nitrogens is 1. The highest BCUT2D eigenvalue weighted by Crippen LogP contribution is 2.22. The highest BCUT2D eigenvalue weighted by molar-refractivity contribution is 7.92. The molecule has 0 unspecified atom stereocenters. The van der Waals surface area contributed by atoms with Gasteiger partial charge in [0.25, 0.3) is 10.0 Å². The Kier molecular flexibility index (Phi) is 4.00. The van der Waals surface area contributed by atoms with Crippen molar-refractivity contribution >= 4 is 29.2 Å². The van der Waals surface area contributed by atoms with Crippen LogP contribution in [-0.4, -0.2) is 21.2 Å². The molecule has 2 aromatic rings. The monoisotopic (exact) mass is 308 g/mol. The van der Waals surface area contributed by atoms with Crippen molar-refractivity contribution in [2.45, 2.75) is 18.7 Å². The second kappa shape index (κ2) is 5.44. The maximum atomic E-state index is 13.5. The van der Waals surface area contributed by atoms with E-state index >= 15 is 0 Å². The third-order valence-electron chi connectivity index (χ3n) is 2.94. The van der Waals surface area contributed by atoms with E-state index in [2.05, 4.69) is 9.71 Å². The number of rotatable bonds is 3. The van der Waals surface area contributed by atoms with Gasteiger partial charge in [-0.05, 0) is 32.0 Å². The molecule has 0 fully saturated rings. The van der Waals surface area contributed by atoms with E-state index in [4.69, 9.17) is 7.85 Å². The van der Waals surface area contributed by atoms with Crippen LogP contribution in [0, 0.1) is 25.5 Å². The Morgan fingerprint density at radius 3 is 2.43 bits per heavy atom. The first-order valence-corrected chi connectivity index (χ1v) is 7.41. The Balaban J connectivity index is 2.43. The molecule has 108 valence electrons. The van der Waals surface area contributed by atoms with Crippen molar-refractivity contribution < 1.29 is 17.2 Å². The summed E-state index contributed by atoms with van der Waals surface area (Å²) < 4.78 is 53.2. The Morgan fingerprint density at radius 2 is 1.81 bits per heavy atom. The Morgan fingerprint density at radius 1 is 1.14 bits per heavy atom. The van der Waals surface area contributed by atoms with Crippen molar-refractivity contribution in [3.8, 4) is 0 Å². The average Bonchev–Trinajstić information content (AvgIpc) is 2.39. The number of nitrogens with one attached hydrogen (secondary N) is 1. The van der Waals surface area contributed by atoms with Crippen molar-refractivity contribution in [1.82, 2.24) is 4.98 Å². The van der Waals surface area contributed by atoms with Crippen LogP contribution < -0.4 is 10.2 Å². The molecular weight excluding hydrogens is 297 g/mol. The maximum absolute atomic E-state index is 13.5. The lowest BCUT2D eigenvalue weighted by Crippen LogP contribution is -2.18. The van der Waals surface area contributed by atoms with Crippen LogP contribution in [0.1, 0.15) is 11.3 Å². The highest BCUT2D eigenvalue weighted by atomic mass is 32.2. The summed E-state index contributed by atoms with van der Waals surface area (Å²) in [4.78, 5) is 3.62. The van der Waals surface area contributed by atoms with Gasteiger partial charge in [-0.15, -0.1) is 0 Å². The predicted octanol–water partition coefficient (Wildman–Crippen LogP) is 1.57. The normalized spacial score (nSPS) is 11.4. The molecule has 0 bridgehead atoms. The quantitative estimate of drug-likeness (QED) is 0.876. The fourth-order valence-electron chi connectivity index (χ4n) is 1.75. The number of pyridine rings is 1. The van der Waals surface area contributed by atoms with Crippen LogP contribution >= 0.6 is 0 Å². The van der Waals surface area contributed by atoms with Crippen molar-refractivity contribution in [2.24, 2.45) is 0 Å². The summed E-state index contributed by atoms with van der Waals surface area (Å²) in [5.74, 6) is -2.25. The van der Waals surface area contributed by atoms with Gasteiger partial charge in [0.05, 0.1) is 4.90 Å². The van der Waals surface area contributed by atoms with Crippen LogP contribution in [0.2, 0.25) is 0 Å². The van der Waals surface area contributed by atoms with Crippen LogP contribution in [0.25, 0.3) is 0 Å². The third kappa shape index (κ3) is 3.05. The first-order valence-electron chi connectivity index (χ1n) is 5.93. The fraction of sp³-hybridized carbons (Fsp3) is 0.154. The molecule has 0 amide bonds. The fourth-order valence-corrected chi connectivity index (χ4v) is 2.99. The lowest BCUT2D eigenvalue weighted by Gasteiger charge is -2.11. The van der Waals surface area contributed by atoms with Crippen molar-refractivity contribution in [3.05, 3.63) is 47.2 Å². The molecule has 0 saturated heterocycles. The van der Waals surface area contributed by atoms with E-state index in [0.717, 1.165) is 12.1 Å². The maximum Gasteiger partial charge on any atom is 0.263 e. The second-order valence-corrected chi connectivity index (χ2v) is 6.11. The summed E-state index contributed by atoms with van der Waals surface area (Å²) >= 11 is 0. The SMILES string of the molecule is [B]c1ccc(NS(=O)(=O)c2ccc(F)c(F)c2C)nc1C. The molecule has 1 heterocycles. The van der Waals surface area contributed by atoms with Gasteiger partial charge in [-0.25, -0.2) is 22.2 Å². The molecule has 0 aliphatic rings. The lowest BCUT2D eigenvalue weighted by atomic mass is 9.95. The summed E-state index contributed by atoms with van der Waals surface area (Å²) in [7, 11) is 1.52. The topological polar surface area (TPSA) is 59.1 Å². The molecule has 1 aromatic carbocycles. The third-order valence-corrected chi connectivity index (χ3v) is 4.44. The van der Waals surface area contributed by atoms with E-state index in [1.807, 2.05) is 0 Å². The molecule has 4 nitrogen and oxygen atoms in total. The second-order valence-electron chi connectivity index (χ2n) is 4.46. The number of hydrogen-bond acceptors (Lipinski definition) is 3. The van der Waals surface area contributed by atoms with Gasteiger partial charge < -0.3 is 0 Å². The first kappa shape index (κ1) is 15.4. The Bertz CT molecular complexity index is 810. The molecule has 0 spiro atoms. The van der Waals surface area contributed by atoms with E-state index in [9.17, 15) is 17.2 Å². The molecule has 0 atom stereocenters. The number of anilines is 1.